The highest BCUT2D eigenvalue weighted by atomic mass is 32.1. The number of thiazole rings is 1. The van der Waals surface area contributed by atoms with Crippen LogP contribution >= 0.6 is 11.3 Å². The van der Waals surface area contributed by atoms with Gasteiger partial charge in [-0.25, -0.2) is 4.98 Å². The van der Waals surface area contributed by atoms with Crippen LogP contribution in [0.1, 0.15) is 25.5 Å². The molecule has 1 aromatic heterocycles. The third kappa shape index (κ3) is 2.72. The first-order chi connectivity index (χ1) is 7.83. The number of nitrogens with zero attached hydrogens (tertiary/aromatic N) is 2. The van der Waals surface area contributed by atoms with Crippen LogP contribution in [0.2, 0.25) is 0 Å². The quantitative estimate of drug-likeness (QED) is 0.851. The second-order valence-corrected chi connectivity index (χ2v) is 4.84. The lowest BCUT2D eigenvalue weighted by Gasteiger charge is -2.23. The molecular formula is C11H19N3OS. The van der Waals surface area contributed by atoms with Crippen LogP contribution in [0.5, 0.6) is 0 Å². The third-order valence-electron chi connectivity index (χ3n) is 2.85. The van der Waals surface area contributed by atoms with Crippen LogP contribution in [-0.4, -0.2) is 30.8 Å². The molecule has 2 heterocycles. The number of anilines is 1. The minimum atomic E-state index is 0.380. The Hall–Kier alpha value is -0.650. The van der Waals surface area contributed by atoms with Crippen LogP contribution in [0.3, 0.4) is 0 Å². The molecular weight excluding hydrogens is 222 g/mol. The predicted octanol–water partition coefficient (Wildman–Crippen LogP) is 1.61. The van der Waals surface area contributed by atoms with Gasteiger partial charge in [0.2, 0.25) is 0 Å². The zero-order valence-corrected chi connectivity index (χ0v) is 10.5. The smallest absolute Gasteiger partial charge is 0.185 e. The van der Waals surface area contributed by atoms with Gasteiger partial charge in [0.15, 0.2) is 5.13 Å². The topological polar surface area (TPSA) is 51.4 Å². The van der Waals surface area contributed by atoms with E-state index in [1.807, 2.05) is 5.38 Å². The molecule has 1 saturated heterocycles. The van der Waals surface area contributed by atoms with Crippen molar-refractivity contribution in [2.24, 2.45) is 5.73 Å². The summed E-state index contributed by atoms with van der Waals surface area (Å²) in [5, 5.41) is 3.10. The largest absolute Gasteiger partial charge is 0.376 e. The predicted molar refractivity (Wildman–Crippen MR) is 66.9 cm³/mol. The van der Waals surface area contributed by atoms with Crippen molar-refractivity contribution in [2.45, 2.75) is 32.4 Å². The van der Waals surface area contributed by atoms with Gasteiger partial charge < -0.3 is 15.4 Å². The first kappa shape index (κ1) is 11.8. The molecule has 1 aliphatic heterocycles. The van der Waals surface area contributed by atoms with Crippen molar-refractivity contribution in [1.29, 1.82) is 0 Å². The van der Waals surface area contributed by atoms with Crippen molar-refractivity contribution in [2.75, 3.05) is 24.6 Å². The molecule has 0 amide bonds. The summed E-state index contributed by atoms with van der Waals surface area (Å²) in [7, 11) is 0. The number of rotatable bonds is 5. The van der Waals surface area contributed by atoms with E-state index in [2.05, 4.69) is 16.8 Å². The van der Waals surface area contributed by atoms with Crippen LogP contribution in [0.25, 0.3) is 0 Å². The molecule has 0 aliphatic carbocycles. The summed E-state index contributed by atoms with van der Waals surface area (Å²) in [5.41, 5.74) is 6.55. The molecule has 90 valence electrons. The van der Waals surface area contributed by atoms with Crippen molar-refractivity contribution < 1.29 is 4.74 Å². The fourth-order valence-corrected chi connectivity index (χ4v) is 2.82. The maximum absolute atomic E-state index is 5.65. The molecule has 1 aliphatic rings. The molecule has 0 bridgehead atoms. The van der Waals surface area contributed by atoms with Crippen molar-refractivity contribution >= 4 is 16.5 Å². The molecule has 0 saturated carbocycles. The first-order valence-electron chi connectivity index (χ1n) is 5.84. The second-order valence-electron chi connectivity index (χ2n) is 4.00. The normalized spacial score (nSPS) is 20.2. The molecule has 1 atom stereocenters. The molecule has 16 heavy (non-hydrogen) atoms. The summed E-state index contributed by atoms with van der Waals surface area (Å²) in [4.78, 5) is 6.78. The molecule has 0 aromatic carbocycles. The maximum Gasteiger partial charge on any atom is 0.185 e. The van der Waals surface area contributed by atoms with Gasteiger partial charge in [-0.1, -0.05) is 0 Å². The van der Waals surface area contributed by atoms with E-state index in [0.717, 1.165) is 30.5 Å². The molecule has 2 rings (SSSR count). The van der Waals surface area contributed by atoms with Gasteiger partial charge in [-0.05, 0) is 19.8 Å². The molecule has 1 aromatic rings. The summed E-state index contributed by atoms with van der Waals surface area (Å²) in [5.74, 6) is 0. The summed E-state index contributed by atoms with van der Waals surface area (Å²) < 4.78 is 5.65. The minimum absolute atomic E-state index is 0.380. The Morgan fingerprint density at radius 2 is 2.56 bits per heavy atom. The van der Waals surface area contributed by atoms with Gasteiger partial charge in [0, 0.05) is 31.6 Å². The summed E-state index contributed by atoms with van der Waals surface area (Å²) in [6, 6.07) is 0. The number of hydrogen-bond acceptors (Lipinski definition) is 5. The lowest BCUT2D eigenvalue weighted by atomic mass is 10.2. The molecule has 5 heteroatoms. The lowest BCUT2D eigenvalue weighted by molar-refractivity contribution is 0.115. The third-order valence-corrected chi connectivity index (χ3v) is 3.80. The van der Waals surface area contributed by atoms with E-state index in [9.17, 15) is 0 Å². The Bertz CT molecular complexity index is 323. The average molecular weight is 241 g/mol. The average Bonchev–Trinajstić information content (AvgIpc) is 2.96. The number of nitrogens with two attached hydrogens (primary N) is 1. The van der Waals surface area contributed by atoms with Gasteiger partial charge in [-0.15, -0.1) is 11.3 Å². The Balaban J connectivity index is 1.97. The highest BCUT2D eigenvalue weighted by molar-refractivity contribution is 7.13. The summed E-state index contributed by atoms with van der Waals surface area (Å²) in [6.45, 7) is 5.51. The van der Waals surface area contributed by atoms with E-state index in [-0.39, 0.29) is 0 Å². The Kier molecular flexibility index (Phi) is 4.15. The number of ether oxygens (including phenoxy) is 1. The highest BCUT2D eigenvalue weighted by Gasteiger charge is 2.20. The monoisotopic (exact) mass is 241 g/mol. The van der Waals surface area contributed by atoms with Crippen molar-refractivity contribution in [3.63, 3.8) is 0 Å². The Labute approximate surface area is 100 Å². The zero-order chi connectivity index (χ0) is 11.4. The van der Waals surface area contributed by atoms with Crippen LogP contribution < -0.4 is 10.6 Å². The summed E-state index contributed by atoms with van der Waals surface area (Å²) >= 11 is 1.67. The van der Waals surface area contributed by atoms with E-state index in [4.69, 9.17) is 10.5 Å². The van der Waals surface area contributed by atoms with Gasteiger partial charge in [-0.2, -0.15) is 0 Å². The van der Waals surface area contributed by atoms with Crippen LogP contribution in [-0.2, 0) is 11.3 Å². The number of hydrogen-bond donors (Lipinski definition) is 1. The van der Waals surface area contributed by atoms with Crippen LogP contribution in [0.4, 0.5) is 5.13 Å². The van der Waals surface area contributed by atoms with E-state index >= 15 is 0 Å². The van der Waals surface area contributed by atoms with Gasteiger partial charge >= 0.3 is 0 Å². The SMILES string of the molecule is CCN(CC1CCCO1)c1nc(CN)cs1. The summed E-state index contributed by atoms with van der Waals surface area (Å²) in [6.07, 6.45) is 2.74. The van der Waals surface area contributed by atoms with Crippen LogP contribution in [0.15, 0.2) is 5.38 Å². The van der Waals surface area contributed by atoms with Gasteiger partial charge in [0.05, 0.1) is 11.8 Å². The molecule has 2 N–H and O–H groups in total. The fraction of sp³-hybridized carbons (Fsp3) is 0.727. The Morgan fingerprint density at radius 3 is 3.12 bits per heavy atom. The van der Waals surface area contributed by atoms with E-state index in [1.54, 1.807) is 11.3 Å². The fourth-order valence-electron chi connectivity index (χ4n) is 1.91. The van der Waals surface area contributed by atoms with Crippen LogP contribution in [0, 0.1) is 0 Å². The first-order valence-corrected chi connectivity index (χ1v) is 6.72. The zero-order valence-electron chi connectivity index (χ0n) is 9.69. The highest BCUT2D eigenvalue weighted by Crippen LogP contribution is 2.22. The minimum Gasteiger partial charge on any atom is -0.376 e. The second kappa shape index (κ2) is 5.61. The van der Waals surface area contributed by atoms with E-state index in [0.29, 0.717) is 12.6 Å². The molecule has 1 fully saturated rings. The molecule has 4 nitrogen and oxygen atoms in total. The number of likely N-dealkylation sites (N-methyl/N-ethyl adjacent to an activating group) is 1. The lowest BCUT2D eigenvalue weighted by Crippen LogP contribution is -2.31. The van der Waals surface area contributed by atoms with Crippen molar-refractivity contribution in [3.8, 4) is 0 Å². The van der Waals surface area contributed by atoms with E-state index in [1.165, 1.54) is 12.8 Å². The van der Waals surface area contributed by atoms with Gasteiger partial charge in [-0.3, -0.25) is 0 Å². The Morgan fingerprint density at radius 1 is 1.69 bits per heavy atom. The molecule has 0 spiro atoms. The van der Waals surface area contributed by atoms with Crippen molar-refractivity contribution in [3.05, 3.63) is 11.1 Å². The maximum atomic E-state index is 5.65. The standard InChI is InChI=1S/C11H19N3OS/c1-2-14(7-10-4-3-5-15-10)11-13-9(6-12)8-16-11/h8,10H,2-7,12H2,1H3. The van der Waals surface area contributed by atoms with E-state index < -0.39 is 0 Å². The van der Waals surface area contributed by atoms with Crippen molar-refractivity contribution in [1.82, 2.24) is 4.98 Å². The molecule has 0 radical (unpaired) electrons. The molecule has 1 unspecified atom stereocenters. The van der Waals surface area contributed by atoms with Gasteiger partial charge in [0.25, 0.3) is 0 Å². The van der Waals surface area contributed by atoms with Gasteiger partial charge in [0.1, 0.15) is 0 Å². The number of aromatic nitrogens is 1.